The fraction of sp³-hybridized carbons (Fsp3) is 0.0952. The smallest absolute Gasteiger partial charge is 0.251 e. The number of pyridine rings is 1. The summed E-state index contributed by atoms with van der Waals surface area (Å²) in [5, 5.41) is 8.19. The molecule has 0 fully saturated rings. The average Bonchev–Trinajstić information content (AvgIpc) is 3.12. The van der Waals surface area contributed by atoms with Gasteiger partial charge in [0.05, 0.1) is 6.42 Å². The molecular formula is C21H16ClN3O3. The molecule has 140 valence electrons. The van der Waals surface area contributed by atoms with Crippen LogP contribution in [0.2, 0.25) is 5.02 Å². The van der Waals surface area contributed by atoms with Crippen molar-refractivity contribution in [2.45, 2.75) is 13.3 Å². The summed E-state index contributed by atoms with van der Waals surface area (Å²) in [5.41, 5.74) is 3.53. The zero-order chi connectivity index (χ0) is 19.7. The predicted molar refractivity (Wildman–Crippen MR) is 109 cm³/mol. The number of halogens is 1. The minimum absolute atomic E-state index is 0.111. The highest BCUT2D eigenvalue weighted by molar-refractivity contribution is 6.30. The Morgan fingerprint density at radius 3 is 2.71 bits per heavy atom. The molecule has 0 saturated heterocycles. The number of nitrogens with zero attached hydrogens (tertiary/aromatic N) is 1. The molecule has 0 radical (unpaired) electrons. The Morgan fingerprint density at radius 1 is 1.14 bits per heavy atom. The van der Waals surface area contributed by atoms with Crippen LogP contribution in [0.25, 0.3) is 22.2 Å². The second-order valence-corrected chi connectivity index (χ2v) is 6.95. The number of H-pyrrole nitrogens is 1. The quantitative estimate of drug-likeness (QED) is 0.540. The first-order valence-electron chi connectivity index (χ1n) is 8.63. The van der Waals surface area contributed by atoms with Gasteiger partial charge in [-0.25, -0.2) is 0 Å². The van der Waals surface area contributed by atoms with Crippen LogP contribution in [-0.2, 0) is 11.2 Å². The van der Waals surface area contributed by atoms with E-state index in [1.165, 1.54) is 0 Å². The number of hydrogen-bond acceptors (Lipinski definition) is 4. The lowest BCUT2D eigenvalue weighted by atomic mass is 10.1. The van der Waals surface area contributed by atoms with Gasteiger partial charge in [0.2, 0.25) is 11.8 Å². The molecule has 0 bridgehead atoms. The third kappa shape index (κ3) is 3.82. The topological polar surface area (TPSA) is 88.0 Å². The van der Waals surface area contributed by atoms with Gasteiger partial charge in [-0.3, -0.25) is 14.9 Å². The van der Waals surface area contributed by atoms with Crippen LogP contribution >= 0.6 is 11.6 Å². The van der Waals surface area contributed by atoms with Gasteiger partial charge in [-0.2, -0.15) is 0 Å². The van der Waals surface area contributed by atoms with Crippen LogP contribution in [0.3, 0.4) is 0 Å². The zero-order valence-corrected chi connectivity index (χ0v) is 15.7. The van der Waals surface area contributed by atoms with E-state index in [4.69, 9.17) is 16.1 Å². The van der Waals surface area contributed by atoms with E-state index in [9.17, 15) is 9.59 Å². The van der Waals surface area contributed by atoms with Crippen molar-refractivity contribution in [3.8, 4) is 11.3 Å². The van der Waals surface area contributed by atoms with Crippen molar-refractivity contribution >= 4 is 34.3 Å². The molecule has 0 aliphatic carbocycles. The number of nitrogens with one attached hydrogen (secondary N) is 2. The fourth-order valence-corrected chi connectivity index (χ4v) is 3.06. The van der Waals surface area contributed by atoms with Crippen molar-refractivity contribution in [1.29, 1.82) is 0 Å². The summed E-state index contributed by atoms with van der Waals surface area (Å²) in [4.78, 5) is 26.8. The lowest BCUT2D eigenvalue weighted by molar-refractivity contribution is -0.115. The second kappa shape index (κ2) is 7.32. The Hall–Kier alpha value is -3.38. The molecule has 0 aliphatic rings. The average molecular weight is 394 g/mol. The van der Waals surface area contributed by atoms with E-state index < -0.39 is 0 Å². The lowest BCUT2D eigenvalue weighted by Gasteiger charge is -2.04. The standard InChI is InChI=1S/C21H16ClN3O3/c1-12-8-15-9-13(2-7-17(15)23-21(12)27)10-19(26)24-20-11-18(25-28-20)14-3-5-16(22)6-4-14/h2-9,11H,10H2,1H3,(H,23,27)(H,24,26). The molecule has 4 rings (SSSR count). The number of fused-ring (bicyclic) bond motifs is 1. The van der Waals surface area contributed by atoms with E-state index >= 15 is 0 Å². The van der Waals surface area contributed by atoms with Crippen LogP contribution < -0.4 is 10.9 Å². The Balaban J connectivity index is 1.47. The number of aromatic nitrogens is 2. The molecule has 28 heavy (non-hydrogen) atoms. The highest BCUT2D eigenvalue weighted by atomic mass is 35.5. The van der Waals surface area contributed by atoms with Gasteiger partial charge in [0, 0.05) is 27.7 Å². The van der Waals surface area contributed by atoms with E-state index in [2.05, 4.69) is 15.5 Å². The van der Waals surface area contributed by atoms with Gasteiger partial charge in [0.1, 0.15) is 5.69 Å². The summed E-state index contributed by atoms with van der Waals surface area (Å²) in [5.74, 6) is 0.0511. The largest absolute Gasteiger partial charge is 0.338 e. The molecule has 7 heteroatoms. The molecule has 0 spiro atoms. The lowest BCUT2D eigenvalue weighted by Crippen LogP contribution is -2.14. The first-order valence-corrected chi connectivity index (χ1v) is 9.01. The van der Waals surface area contributed by atoms with E-state index in [0.29, 0.717) is 16.3 Å². The number of benzene rings is 2. The van der Waals surface area contributed by atoms with E-state index in [1.807, 2.05) is 30.3 Å². The number of aryl methyl sites for hydroxylation is 1. The maximum Gasteiger partial charge on any atom is 0.251 e. The molecule has 0 atom stereocenters. The number of rotatable bonds is 4. The number of carbonyl (C=O) groups is 1. The van der Waals surface area contributed by atoms with Gasteiger partial charge >= 0.3 is 0 Å². The Morgan fingerprint density at radius 2 is 1.93 bits per heavy atom. The summed E-state index contributed by atoms with van der Waals surface area (Å²) in [6.45, 7) is 1.75. The maximum absolute atomic E-state index is 12.4. The van der Waals surface area contributed by atoms with Crippen molar-refractivity contribution in [3.63, 3.8) is 0 Å². The fourth-order valence-electron chi connectivity index (χ4n) is 2.93. The van der Waals surface area contributed by atoms with Crippen LogP contribution in [0.1, 0.15) is 11.1 Å². The highest BCUT2D eigenvalue weighted by Crippen LogP contribution is 2.23. The summed E-state index contributed by atoms with van der Waals surface area (Å²) < 4.78 is 5.20. The van der Waals surface area contributed by atoms with Gasteiger partial charge < -0.3 is 9.51 Å². The number of amides is 1. The molecule has 1 amide bonds. The number of anilines is 1. The highest BCUT2D eigenvalue weighted by Gasteiger charge is 2.11. The minimum Gasteiger partial charge on any atom is -0.338 e. The molecule has 2 heterocycles. The Bertz CT molecular complexity index is 1230. The molecule has 6 nitrogen and oxygen atoms in total. The van der Waals surface area contributed by atoms with Crippen molar-refractivity contribution in [3.05, 3.63) is 81.1 Å². The monoisotopic (exact) mass is 393 g/mol. The molecular weight excluding hydrogens is 378 g/mol. The van der Waals surface area contributed by atoms with Gasteiger partial charge in [-0.05, 0) is 48.2 Å². The number of carbonyl (C=O) groups excluding carboxylic acids is 1. The summed E-state index contributed by atoms with van der Waals surface area (Å²) in [6, 6.07) is 16.1. The van der Waals surface area contributed by atoms with Crippen LogP contribution in [-0.4, -0.2) is 16.0 Å². The molecule has 0 unspecified atom stereocenters. The third-order valence-corrected chi connectivity index (χ3v) is 4.62. The molecule has 0 aliphatic heterocycles. The number of aromatic amines is 1. The zero-order valence-electron chi connectivity index (χ0n) is 15.0. The summed E-state index contributed by atoms with van der Waals surface area (Å²) in [7, 11) is 0. The van der Waals surface area contributed by atoms with Crippen molar-refractivity contribution in [2.24, 2.45) is 0 Å². The van der Waals surface area contributed by atoms with Crippen LogP contribution in [0, 0.1) is 6.92 Å². The SMILES string of the molecule is Cc1cc2cc(CC(=O)Nc3cc(-c4ccc(Cl)cc4)no3)ccc2[nH]c1=O. The molecule has 4 aromatic rings. The first-order chi connectivity index (χ1) is 13.5. The van der Waals surface area contributed by atoms with Crippen molar-refractivity contribution in [1.82, 2.24) is 10.1 Å². The maximum atomic E-state index is 12.4. The van der Waals surface area contributed by atoms with Crippen LogP contribution in [0.15, 0.2) is 63.9 Å². The van der Waals surface area contributed by atoms with Crippen molar-refractivity contribution < 1.29 is 9.32 Å². The molecule has 2 N–H and O–H groups in total. The Labute approximate surface area is 165 Å². The molecule has 2 aromatic carbocycles. The molecule has 0 saturated carbocycles. The summed E-state index contributed by atoms with van der Waals surface area (Å²) in [6.07, 6.45) is 0.172. The first kappa shape index (κ1) is 18.0. The second-order valence-electron chi connectivity index (χ2n) is 6.51. The summed E-state index contributed by atoms with van der Waals surface area (Å²) >= 11 is 5.88. The van der Waals surface area contributed by atoms with Gasteiger partial charge in [0.15, 0.2) is 0 Å². The van der Waals surface area contributed by atoms with Crippen LogP contribution in [0.5, 0.6) is 0 Å². The third-order valence-electron chi connectivity index (χ3n) is 4.37. The van der Waals surface area contributed by atoms with Gasteiger partial charge in [-0.1, -0.05) is 35.0 Å². The minimum atomic E-state index is -0.223. The molecule has 2 aromatic heterocycles. The predicted octanol–water partition coefficient (Wildman–Crippen LogP) is 4.33. The van der Waals surface area contributed by atoms with Crippen molar-refractivity contribution in [2.75, 3.05) is 5.32 Å². The van der Waals surface area contributed by atoms with Crippen LogP contribution in [0.4, 0.5) is 5.88 Å². The van der Waals surface area contributed by atoms with E-state index in [1.54, 1.807) is 31.2 Å². The van der Waals surface area contributed by atoms with Gasteiger partial charge in [-0.15, -0.1) is 0 Å². The normalized spacial score (nSPS) is 10.9. The Kier molecular flexibility index (Phi) is 4.71. The van der Waals surface area contributed by atoms with Gasteiger partial charge in [0.25, 0.3) is 5.56 Å². The van der Waals surface area contributed by atoms with E-state index in [-0.39, 0.29) is 23.8 Å². The number of hydrogen-bond donors (Lipinski definition) is 2. The van der Waals surface area contributed by atoms with E-state index in [0.717, 1.165) is 22.0 Å².